The summed E-state index contributed by atoms with van der Waals surface area (Å²) in [4.78, 5) is 23.1. The highest BCUT2D eigenvalue weighted by Crippen LogP contribution is 2.41. The zero-order valence-electron chi connectivity index (χ0n) is 15.0. The number of amides is 1. The number of carbonyl (C=O) groups excluding carboxylic acids is 1. The second-order valence-corrected chi connectivity index (χ2v) is 8.13. The van der Waals surface area contributed by atoms with Crippen molar-refractivity contribution in [2.75, 3.05) is 17.2 Å². The minimum absolute atomic E-state index is 0.0837. The molecule has 1 saturated heterocycles. The Bertz CT molecular complexity index is 1080. The van der Waals surface area contributed by atoms with Gasteiger partial charge in [0.05, 0.1) is 15.6 Å². The van der Waals surface area contributed by atoms with E-state index in [-0.39, 0.29) is 11.3 Å². The van der Waals surface area contributed by atoms with Crippen LogP contribution in [0.5, 0.6) is 0 Å². The van der Waals surface area contributed by atoms with Gasteiger partial charge in [-0.15, -0.1) is 0 Å². The van der Waals surface area contributed by atoms with Crippen molar-refractivity contribution in [3.8, 4) is 11.1 Å². The van der Waals surface area contributed by atoms with Crippen LogP contribution in [0.15, 0.2) is 36.7 Å². The monoisotopic (exact) mass is 400 g/mol. The molecule has 3 aromatic rings. The summed E-state index contributed by atoms with van der Waals surface area (Å²) in [7, 11) is 0. The second-order valence-electron chi connectivity index (χ2n) is 7.34. The first-order chi connectivity index (χ1) is 12.8. The summed E-state index contributed by atoms with van der Waals surface area (Å²) in [6.07, 6.45) is 2.21. The van der Waals surface area contributed by atoms with E-state index in [1.54, 1.807) is 11.0 Å². The number of fused-ring (bicyclic) bond motifs is 1. The number of halogens is 2. The number of nitrogens with two attached hydrogens (primary N) is 1. The van der Waals surface area contributed by atoms with Gasteiger partial charge in [0.1, 0.15) is 12.1 Å². The number of hydrogen-bond donors (Lipinski definition) is 1. The second kappa shape index (κ2) is 6.36. The van der Waals surface area contributed by atoms with Crippen molar-refractivity contribution in [2.45, 2.75) is 20.3 Å². The third-order valence-corrected chi connectivity index (χ3v) is 5.91. The van der Waals surface area contributed by atoms with E-state index in [1.165, 1.54) is 6.33 Å². The van der Waals surface area contributed by atoms with Crippen LogP contribution in [-0.2, 0) is 4.79 Å². The predicted octanol–water partition coefficient (Wildman–Crippen LogP) is 4.95. The number of carbonyl (C=O) groups is 1. The molecular weight excluding hydrogens is 383 g/mol. The average molecular weight is 401 g/mol. The zero-order valence-corrected chi connectivity index (χ0v) is 16.5. The summed E-state index contributed by atoms with van der Waals surface area (Å²) in [5.74, 6) is 0.438. The molecule has 1 aliphatic rings. The summed E-state index contributed by atoms with van der Waals surface area (Å²) in [6, 6.07) is 9.23. The molecule has 0 atom stereocenters. The third-order valence-electron chi connectivity index (χ3n) is 5.09. The first kappa shape index (κ1) is 18.0. The van der Waals surface area contributed by atoms with E-state index in [2.05, 4.69) is 9.97 Å². The molecule has 0 spiro atoms. The zero-order chi connectivity index (χ0) is 19.3. The quantitative estimate of drug-likeness (QED) is 0.660. The molecule has 5 nitrogen and oxygen atoms in total. The molecule has 4 rings (SSSR count). The largest absolute Gasteiger partial charge is 0.383 e. The lowest BCUT2D eigenvalue weighted by molar-refractivity contribution is -0.123. The van der Waals surface area contributed by atoms with Gasteiger partial charge in [0.2, 0.25) is 5.91 Å². The maximum atomic E-state index is 12.8. The Morgan fingerprint density at radius 3 is 2.63 bits per heavy atom. The summed E-state index contributed by atoms with van der Waals surface area (Å²) in [6.45, 7) is 4.57. The Labute approximate surface area is 167 Å². The molecule has 2 heterocycles. The van der Waals surface area contributed by atoms with Crippen molar-refractivity contribution >= 4 is 51.5 Å². The van der Waals surface area contributed by atoms with Crippen molar-refractivity contribution in [1.82, 2.24) is 9.97 Å². The van der Waals surface area contributed by atoms with E-state index in [1.807, 2.05) is 38.1 Å². The van der Waals surface area contributed by atoms with Gasteiger partial charge < -0.3 is 10.6 Å². The maximum Gasteiger partial charge on any atom is 0.232 e. The van der Waals surface area contributed by atoms with Crippen LogP contribution in [0.3, 0.4) is 0 Å². The van der Waals surface area contributed by atoms with Crippen molar-refractivity contribution < 1.29 is 4.79 Å². The van der Waals surface area contributed by atoms with E-state index >= 15 is 0 Å². The number of hydrogen-bond acceptors (Lipinski definition) is 4. The highest BCUT2D eigenvalue weighted by Gasteiger charge is 2.39. The number of rotatable bonds is 2. The van der Waals surface area contributed by atoms with E-state index < -0.39 is 0 Å². The minimum atomic E-state index is -0.387. The molecule has 1 aromatic heterocycles. The van der Waals surface area contributed by atoms with Gasteiger partial charge in [-0.3, -0.25) is 4.79 Å². The smallest absolute Gasteiger partial charge is 0.232 e. The van der Waals surface area contributed by atoms with Crippen LogP contribution in [-0.4, -0.2) is 22.4 Å². The fourth-order valence-electron chi connectivity index (χ4n) is 3.46. The predicted molar refractivity (Wildman–Crippen MR) is 110 cm³/mol. The molecule has 1 amide bonds. The summed E-state index contributed by atoms with van der Waals surface area (Å²) < 4.78 is 0. The highest BCUT2D eigenvalue weighted by atomic mass is 35.5. The Morgan fingerprint density at radius 1 is 1.15 bits per heavy atom. The molecule has 138 valence electrons. The van der Waals surface area contributed by atoms with Gasteiger partial charge in [0.25, 0.3) is 0 Å². The van der Waals surface area contributed by atoms with Crippen LogP contribution >= 0.6 is 23.2 Å². The van der Waals surface area contributed by atoms with E-state index in [9.17, 15) is 4.79 Å². The summed E-state index contributed by atoms with van der Waals surface area (Å²) in [5, 5.41) is 1.56. The molecule has 27 heavy (non-hydrogen) atoms. The molecule has 1 aliphatic heterocycles. The Kier molecular flexibility index (Phi) is 4.24. The molecule has 0 aliphatic carbocycles. The van der Waals surface area contributed by atoms with Gasteiger partial charge >= 0.3 is 0 Å². The normalized spacial score (nSPS) is 16.3. The molecule has 2 aromatic carbocycles. The van der Waals surface area contributed by atoms with Gasteiger partial charge in [-0.05, 0) is 24.6 Å². The van der Waals surface area contributed by atoms with Crippen LogP contribution in [0.1, 0.15) is 20.3 Å². The van der Waals surface area contributed by atoms with Crippen LogP contribution in [0.25, 0.3) is 22.0 Å². The molecular formula is C20H18Cl2N4O. The van der Waals surface area contributed by atoms with E-state index in [4.69, 9.17) is 28.9 Å². The Morgan fingerprint density at radius 2 is 1.93 bits per heavy atom. The van der Waals surface area contributed by atoms with Crippen LogP contribution in [0, 0.1) is 5.41 Å². The van der Waals surface area contributed by atoms with Gasteiger partial charge in [-0.25, -0.2) is 9.97 Å². The fraction of sp³-hybridized carbons (Fsp3) is 0.250. The van der Waals surface area contributed by atoms with Crippen LogP contribution in [0.2, 0.25) is 10.0 Å². The standard InChI is InChI=1S/C20H18Cl2N4O/c1-20(2)6-7-26(19(20)27)11-8-13(12-4-3-5-15(21)16(12)22)17-14(9-11)18(23)25-10-24-17/h3-5,8-10H,6-7H2,1-2H3,(H2,23,24,25). The Balaban J connectivity index is 2.00. The van der Waals surface area contributed by atoms with Gasteiger partial charge in [-0.1, -0.05) is 49.2 Å². The summed E-state index contributed by atoms with van der Waals surface area (Å²) >= 11 is 12.7. The SMILES string of the molecule is CC1(C)CCN(c2cc(-c3cccc(Cl)c3Cl)c3ncnc(N)c3c2)C1=O. The molecule has 2 N–H and O–H groups in total. The minimum Gasteiger partial charge on any atom is -0.383 e. The number of benzene rings is 2. The lowest BCUT2D eigenvalue weighted by Crippen LogP contribution is -2.30. The molecule has 1 fully saturated rings. The molecule has 0 saturated carbocycles. The van der Waals surface area contributed by atoms with Crippen LogP contribution in [0.4, 0.5) is 11.5 Å². The Hall–Kier alpha value is -2.37. The van der Waals surface area contributed by atoms with Crippen molar-refractivity contribution in [1.29, 1.82) is 0 Å². The van der Waals surface area contributed by atoms with E-state index in [0.717, 1.165) is 23.2 Å². The first-order valence-corrected chi connectivity index (χ1v) is 9.36. The average Bonchev–Trinajstić information content (AvgIpc) is 2.91. The highest BCUT2D eigenvalue weighted by molar-refractivity contribution is 6.44. The number of aromatic nitrogens is 2. The van der Waals surface area contributed by atoms with Crippen molar-refractivity contribution in [3.05, 3.63) is 46.7 Å². The number of anilines is 2. The first-order valence-electron chi connectivity index (χ1n) is 8.60. The van der Waals surface area contributed by atoms with Crippen molar-refractivity contribution in [2.24, 2.45) is 5.41 Å². The van der Waals surface area contributed by atoms with Crippen LogP contribution < -0.4 is 10.6 Å². The lowest BCUT2D eigenvalue weighted by atomic mass is 9.92. The number of nitrogens with zero attached hydrogens (tertiary/aromatic N) is 3. The fourth-order valence-corrected chi connectivity index (χ4v) is 3.86. The third kappa shape index (κ3) is 2.91. The molecule has 0 radical (unpaired) electrons. The molecule has 0 bridgehead atoms. The summed E-state index contributed by atoms with van der Waals surface area (Å²) in [5.41, 5.74) is 8.65. The van der Waals surface area contributed by atoms with E-state index in [0.29, 0.717) is 33.3 Å². The molecule has 0 unspecified atom stereocenters. The van der Waals surface area contributed by atoms with Gasteiger partial charge in [-0.2, -0.15) is 0 Å². The number of nitrogen functional groups attached to an aromatic ring is 1. The van der Waals surface area contributed by atoms with Crippen molar-refractivity contribution in [3.63, 3.8) is 0 Å². The molecule has 7 heteroatoms. The maximum absolute atomic E-state index is 12.8. The van der Waals surface area contributed by atoms with Gasteiger partial charge in [0, 0.05) is 34.2 Å². The topological polar surface area (TPSA) is 72.1 Å². The lowest BCUT2D eigenvalue weighted by Gasteiger charge is -2.21. The van der Waals surface area contributed by atoms with Gasteiger partial charge in [0.15, 0.2) is 0 Å².